The first-order valence-corrected chi connectivity index (χ1v) is 5.78. The molecule has 4 heteroatoms. The number of halogens is 2. The summed E-state index contributed by atoms with van der Waals surface area (Å²) < 4.78 is 26.7. The van der Waals surface area contributed by atoms with E-state index in [0.29, 0.717) is 16.8 Å². The molecule has 2 nitrogen and oxygen atoms in total. The molecule has 0 spiro atoms. The Balaban J connectivity index is 2.21. The van der Waals surface area contributed by atoms with Gasteiger partial charge in [-0.25, -0.2) is 8.78 Å². The molecular formula is C15H12F2N2. The van der Waals surface area contributed by atoms with Crippen molar-refractivity contribution in [1.82, 2.24) is 0 Å². The highest BCUT2D eigenvalue weighted by Gasteiger charge is 2.06. The van der Waals surface area contributed by atoms with Crippen LogP contribution in [0.25, 0.3) is 0 Å². The second-order valence-corrected chi connectivity index (χ2v) is 4.25. The summed E-state index contributed by atoms with van der Waals surface area (Å²) in [6.07, 6.45) is 0. The standard InChI is InChI=1S/C15H12F2N2/c1-10-2-5-14(17)15(6-10)19-9-12-7-13(16)4-3-11(12)8-18/h2-7,19H,9H2,1H3. The van der Waals surface area contributed by atoms with Gasteiger partial charge in [0.25, 0.3) is 0 Å². The summed E-state index contributed by atoms with van der Waals surface area (Å²) in [4.78, 5) is 0. The molecule has 2 aromatic carbocycles. The van der Waals surface area contributed by atoms with Gasteiger partial charge in [-0.15, -0.1) is 0 Å². The van der Waals surface area contributed by atoms with Crippen molar-refractivity contribution in [2.75, 3.05) is 5.32 Å². The first-order chi connectivity index (χ1) is 9.10. The highest BCUT2D eigenvalue weighted by atomic mass is 19.1. The second-order valence-electron chi connectivity index (χ2n) is 4.25. The van der Waals surface area contributed by atoms with E-state index in [4.69, 9.17) is 5.26 Å². The Morgan fingerprint density at radius 2 is 1.95 bits per heavy atom. The van der Waals surface area contributed by atoms with E-state index < -0.39 is 5.82 Å². The van der Waals surface area contributed by atoms with Gasteiger partial charge in [-0.3, -0.25) is 0 Å². The lowest BCUT2D eigenvalue weighted by molar-refractivity contribution is 0.624. The largest absolute Gasteiger partial charge is 0.379 e. The lowest BCUT2D eigenvalue weighted by Crippen LogP contribution is -2.04. The summed E-state index contributed by atoms with van der Waals surface area (Å²) >= 11 is 0. The first-order valence-electron chi connectivity index (χ1n) is 5.78. The van der Waals surface area contributed by atoms with Crippen LogP contribution in [0.2, 0.25) is 0 Å². The van der Waals surface area contributed by atoms with E-state index in [1.807, 2.05) is 13.0 Å². The lowest BCUT2D eigenvalue weighted by atomic mass is 10.1. The van der Waals surface area contributed by atoms with E-state index in [-0.39, 0.29) is 12.4 Å². The molecule has 0 aromatic heterocycles. The van der Waals surface area contributed by atoms with Gasteiger partial charge in [-0.1, -0.05) is 6.07 Å². The van der Waals surface area contributed by atoms with Crippen LogP contribution in [-0.4, -0.2) is 0 Å². The second kappa shape index (κ2) is 5.49. The minimum absolute atomic E-state index is 0.195. The predicted molar refractivity (Wildman–Crippen MR) is 69.6 cm³/mol. The first kappa shape index (κ1) is 13.0. The van der Waals surface area contributed by atoms with Gasteiger partial charge in [-0.2, -0.15) is 5.26 Å². The smallest absolute Gasteiger partial charge is 0.146 e. The maximum Gasteiger partial charge on any atom is 0.146 e. The van der Waals surface area contributed by atoms with Gasteiger partial charge in [0.2, 0.25) is 0 Å². The molecule has 2 aromatic rings. The van der Waals surface area contributed by atoms with Crippen LogP contribution in [0.4, 0.5) is 14.5 Å². The fourth-order valence-corrected chi connectivity index (χ4v) is 1.78. The molecule has 0 heterocycles. The quantitative estimate of drug-likeness (QED) is 0.909. The van der Waals surface area contributed by atoms with Gasteiger partial charge < -0.3 is 5.32 Å². The van der Waals surface area contributed by atoms with Gasteiger partial charge in [-0.05, 0) is 48.4 Å². The maximum atomic E-state index is 13.5. The number of benzene rings is 2. The van der Waals surface area contributed by atoms with Crippen LogP contribution in [0.15, 0.2) is 36.4 Å². The Bertz CT molecular complexity index is 645. The topological polar surface area (TPSA) is 35.8 Å². The van der Waals surface area contributed by atoms with Crippen LogP contribution in [0.3, 0.4) is 0 Å². The summed E-state index contributed by atoms with van der Waals surface area (Å²) in [7, 11) is 0. The number of hydrogen-bond donors (Lipinski definition) is 1. The van der Waals surface area contributed by atoms with Crippen LogP contribution < -0.4 is 5.32 Å². The van der Waals surface area contributed by atoms with Gasteiger partial charge >= 0.3 is 0 Å². The summed E-state index contributed by atoms with van der Waals surface area (Å²) in [5, 5.41) is 11.8. The maximum absolute atomic E-state index is 13.5. The molecule has 0 aliphatic carbocycles. The number of nitrogens with zero attached hydrogens (tertiary/aromatic N) is 1. The molecule has 96 valence electrons. The summed E-state index contributed by atoms with van der Waals surface area (Å²) in [6, 6.07) is 10.6. The Hall–Kier alpha value is -2.41. The molecule has 0 fully saturated rings. The fraction of sp³-hybridized carbons (Fsp3) is 0.133. The van der Waals surface area contributed by atoms with Crippen molar-refractivity contribution in [2.45, 2.75) is 13.5 Å². The van der Waals surface area contributed by atoms with Gasteiger partial charge in [0.15, 0.2) is 0 Å². The number of anilines is 1. The normalized spacial score (nSPS) is 10.0. The third-order valence-electron chi connectivity index (χ3n) is 2.78. The number of nitrogens with one attached hydrogen (secondary N) is 1. The van der Waals surface area contributed by atoms with Crippen LogP contribution in [-0.2, 0) is 6.54 Å². The van der Waals surface area contributed by atoms with E-state index in [0.717, 1.165) is 5.56 Å². The molecule has 0 amide bonds. The Labute approximate surface area is 110 Å². The Morgan fingerprint density at radius 1 is 1.16 bits per heavy atom. The van der Waals surface area contributed by atoms with Gasteiger partial charge in [0.05, 0.1) is 17.3 Å². The van der Waals surface area contributed by atoms with E-state index in [9.17, 15) is 8.78 Å². The molecule has 1 N–H and O–H groups in total. The number of nitriles is 1. The molecule has 19 heavy (non-hydrogen) atoms. The summed E-state index contributed by atoms with van der Waals surface area (Å²) in [6.45, 7) is 2.05. The SMILES string of the molecule is Cc1ccc(F)c(NCc2cc(F)ccc2C#N)c1. The molecular weight excluding hydrogens is 246 g/mol. The monoisotopic (exact) mass is 258 g/mol. The van der Waals surface area contributed by atoms with Crippen molar-refractivity contribution < 1.29 is 8.78 Å². The molecule has 2 rings (SSSR count). The van der Waals surface area contributed by atoms with E-state index >= 15 is 0 Å². The van der Waals surface area contributed by atoms with E-state index in [1.165, 1.54) is 24.3 Å². The lowest BCUT2D eigenvalue weighted by Gasteiger charge is -2.09. The zero-order valence-corrected chi connectivity index (χ0v) is 10.4. The average molecular weight is 258 g/mol. The molecule has 0 unspecified atom stereocenters. The highest BCUT2D eigenvalue weighted by molar-refractivity contribution is 5.49. The molecule has 0 saturated heterocycles. The average Bonchev–Trinajstić information content (AvgIpc) is 2.40. The predicted octanol–water partition coefficient (Wildman–Crippen LogP) is 3.76. The van der Waals surface area contributed by atoms with Crippen molar-refractivity contribution in [2.24, 2.45) is 0 Å². The summed E-state index contributed by atoms with van der Waals surface area (Å²) in [5.74, 6) is -0.791. The highest BCUT2D eigenvalue weighted by Crippen LogP contribution is 2.18. The molecule has 0 atom stereocenters. The molecule has 0 saturated carbocycles. The Morgan fingerprint density at radius 3 is 2.68 bits per heavy atom. The summed E-state index contributed by atoms with van der Waals surface area (Å²) in [5.41, 5.74) is 2.14. The number of rotatable bonds is 3. The van der Waals surface area contributed by atoms with Gasteiger partial charge in [0.1, 0.15) is 11.6 Å². The number of aryl methyl sites for hydroxylation is 1. The molecule has 0 aliphatic rings. The van der Waals surface area contributed by atoms with Crippen molar-refractivity contribution in [3.63, 3.8) is 0 Å². The van der Waals surface area contributed by atoms with Crippen molar-refractivity contribution in [1.29, 1.82) is 5.26 Å². The van der Waals surface area contributed by atoms with Crippen LogP contribution in [0.5, 0.6) is 0 Å². The molecule has 0 aliphatic heterocycles. The Kier molecular flexibility index (Phi) is 3.76. The minimum Gasteiger partial charge on any atom is -0.379 e. The van der Waals surface area contributed by atoms with Crippen molar-refractivity contribution >= 4 is 5.69 Å². The third-order valence-corrected chi connectivity index (χ3v) is 2.78. The van der Waals surface area contributed by atoms with Crippen molar-refractivity contribution in [3.05, 3.63) is 64.7 Å². The van der Waals surface area contributed by atoms with Gasteiger partial charge in [0, 0.05) is 6.54 Å². The van der Waals surface area contributed by atoms with Crippen LogP contribution >= 0.6 is 0 Å². The molecule has 0 radical (unpaired) electrons. The fourth-order valence-electron chi connectivity index (χ4n) is 1.78. The minimum atomic E-state index is -0.416. The van der Waals surface area contributed by atoms with E-state index in [2.05, 4.69) is 5.32 Å². The van der Waals surface area contributed by atoms with E-state index in [1.54, 1.807) is 12.1 Å². The van der Waals surface area contributed by atoms with Crippen LogP contribution in [0, 0.1) is 29.9 Å². The third kappa shape index (κ3) is 3.08. The van der Waals surface area contributed by atoms with Crippen molar-refractivity contribution in [3.8, 4) is 6.07 Å². The zero-order chi connectivity index (χ0) is 13.8. The number of hydrogen-bond acceptors (Lipinski definition) is 2. The van der Waals surface area contributed by atoms with Crippen LogP contribution in [0.1, 0.15) is 16.7 Å². The zero-order valence-electron chi connectivity index (χ0n) is 10.4. The molecule has 0 bridgehead atoms.